The van der Waals surface area contributed by atoms with Crippen LogP contribution in [0.3, 0.4) is 0 Å². The lowest BCUT2D eigenvalue weighted by Gasteiger charge is -2.16. The van der Waals surface area contributed by atoms with Gasteiger partial charge in [0.15, 0.2) is 5.17 Å². The normalized spacial score (nSPS) is 17.4. The van der Waals surface area contributed by atoms with Gasteiger partial charge in [-0.25, -0.2) is 0 Å². The molecule has 4 rings (SSSR count). The standard InChI is InChI=1S/C23H18BrN3O4S2/c24-16-11-13-19(14-12-16)33(30,31)26-23-27(18-9-5-2-6-10-18)22(29)20(32-23)15-21(28)25-17-7-3-1-4-8-17/h1-14,20H,15H2,(H,25,28)/b26-23+. The average molecular weight is 544 g/mol. The topological polar surface area (TPSA) is 95.9 Å². The van der Waals surface area contributed by atoms with Crippen molar-refractivity contribution in [2.45, 2.75) is 16.6 Å². The maximum atomic E-state index is 13.2. The molecule has 0 aliphatic carbocycles. The lowest BCUT2D eigenvalue weighted by molar-refractivity contribution is -0.121. The molecule has 1 saturated heterocycles. The molecule has 168 valence electrons. The fraction of sp³-hybridized carbons (Fsp3) is 0.0870. The lowest BCUT2D eigenvalue weighted by Crippen LogP contribution is -2.33. The Morgan fingerprint density at radius 1 is 0.970 bits per heavy atom. The number of amides is 2. The van der Waals surface area contributed by atoms with Crippen molar-refractivity contribution < 1.29 is 18.0 Å². The Hall–Kier alpha value is -2.95. The van der Waals surface area contributed by atoms with Crippen LogP contribution < -0.4 is 10.2 Å². The highest BCUT2D eigenvalue weighted by Crippen LogP contribution is 2.35. The van der Waals surface area contributed by atoms with E-state index in [1.54, 1.807) is 66.7 Å². The van der Waals surface area contributed by atoms with Crippen molar-refractivity contribution >= 4 is 66.1 Å². The molecule has 0 spiro atoms. The summed E-state index contributed by atoms with van der Waals surface area (Å²) in [6.45, 7) is 0. The van der Waals surface area contributed by atoms with Crippen molar-refractivity contribution in [1.29, 1.82) is 0 Å². The number of thioether (sulfide) groups is 1. The van der Waals surface area contributed by atoms with Gasteiger partial charge in [0.05, 0.1) is 10.6 Å². The van der Waals surface area contributed by atoms with Crippen LogP contribution in [0.1, 0.15) is 6.42 Å². The van der Waals surface area contributed by atoms with Gasteiger partial charge in [-0.05, 0) is 48.5 Å². The van der Waals surface area contributed by atoms with Gasteiger partial charge in [-0.3, -0.25) is 14.5 Å². The third-order valence-corrected chi connectivity index (χ3v) is 7.75. The summed E-state index contributed by atoms with van der Waals surface area (Å²) in [6.07, 6.45) is -0.126. The highest BCUT2D eigenvalue weighted by Gasteiger charge is 2.41. The molecule has 1 atom stereocenters. The zero-order valence-electron chi connectivity index (χ0n) is 17.1. The van der Waals surface area contributed by atoms with Gasteiger partial charge in [0.1, 0.15) is 5.25 Å². The number of hydrogen-bond acceptors (Lipinski definition) is 5. The second-order valence-corrected chi connectivity index (χ2v) is 10.7. The molecular formula is C23H18BrN3O4S2. The highest BCUT2D eigenvalue weighted by molar-refractivity contribution is 9.10. The number of hydrogen-bond donors (Lipinski definition) is 1. The van der Waals surface area contributed by atoms with Crippen molar-refractivity contribution in [3.63, 3.8) is 0 Å². The molecule has 0 aromatic heterocycles. The van der Waals surface area contributed by atoms with Gasteiger partial charge >= 0.3 is 0 Å². The van der Waals surface area contributed by atoms with E-state index in [1.807, 2.05) is 6.07 Å². The molecular weight excluding hydrogens is 526 g/mol. The van der Waals surface area contributed by atoms with E-state index in [0.717, 1.165) is 16.2 Å². The summed E-state index contributed by atoms with van der Waals surface area (Å²) in [5.41, 5.74) is 1.09. The van der Waals surface area contributed by atoms with E-state index >= 15 is 0 Å². The maximum Gasteiger partial charge on any atom is 0.284 e. The van der Waals surface area contributed by atoms with Gasteiger partial charge in [-0.15, -0.1) is 4.40 Å². The fourth-order valence-corrected chi connectivity index (χ4v) is 5.74. The van der Waals surface area contributed by atoms with Crippen LogP contribution in [0.4, 0.5) is 11.4 Å². The summed E-state index contributed by atoms with van der Waals surface area (Å²) in [7, 11) is -4.07. The van der Waals surface area contributed by atoms with E-state index in [2.05, 4.69) is 25.6 Å². The Labute approximate surface area is 204 Å². The maximum absolute atomic E-state index is 13.2. The van der Waals surface area contributed by atoms with Crippen molar-refractivity contribution in [1.82, 2.24) is 0 Å². The Morgan fingerprint density at radius 3 is 2.21 bits per heavy atom. The van der Waals surface area contributed by atoms with Crippen LogP contribution in [0.2, 0.25) is 0 Å². The first-order valence-electron chi connectivity index (χ1n) is 9.84. The minimum absolute atomic E-state index is 0.00420. The Morgan fingerprint density at radius 2 is 1.58 bits per heavy atom. The molecule has 3 aromatic carbocycles. The summed E-state index contributed by atoms with van der Waals surface area (Å²) in [4.78, 5) is 27.0. The molecule has 1 N–H and O–H groups in total. The fourth-order valence-electron chi connectivity index (χ4n) is 3.14. The number of halogens is 1. The van der Waals surface area contributed by atoms with Gasteiger partial charge in [0.25, 0.3) is 10.0 Å². The van der Waals surface area contributed by atoms with Crippen molar-refractivity contribution in [3.8, 4) is 0 Å². The zero-order valence-corrected chi connectivity index (χ0v) is 20.3. The summed E-state index contributed by atoms with van der Waals surface area (Å²) < 4.78 is 30.5. The number of rotatable bonds is 6. The van der Waals surface area contributed by atoms with E-state index in [4.69, 9.17) is 0 Å². The number of nitrogens with one attached hydrogen (secondary N) is 1. The van der Waals surface area contributed by atoms with E-state index in [-0.39, 0.29) is 22.4 Å². The number of sulfonamides is 1. The number of nitrogens with zero attached hydrogens (tertiary/aromatic N) is 2. The number of carbonyl (C=O) groups is 2. The van der Waals surface area contributed by atoms with E-state index in [9.17, 15) is 18.0 Å². The van der Waals surface area contributed by atoms with Crippen molar-refractivity contribution in [2.24, 2.45) is 4.40 Å². The summed E-state index contributed by atoms with van der Waals surface area (Å²) in [5.74, 6) is -0.753. The average Bonchev–Trinajstić information content (AvgIpc) is 3.09. The minimum atomic E-state index is -4.07. The van der Waals surface area contributed by atoms with E-state index in [1.165, 1.54) is 17.0 Å². The second kappa shape index (κ2) is 9.90. The van der Waals surface area contributed by atoms with Crippen LogP contribution in [-0.4, -0.2) is 30.6 Å². The van der Waals surface area contributed by atoms with Gasteiger partial charge in [0.2, 0.25) is 11.8 Å². The molecule has 1 heterocycles. The number of anilines is 2. The molecule has 2 amide bonds. The largest absolute Gasteiger partial charge is 0.326 e. The van der Waals surface area contributed by atoms with Crippen LogP contribution in [0.25, 0.3) is 0 Å². The minimum Gasteiger partial charge on any atom is -0.326 e. The quantitative estimate of drug-likeness (QED) is 0.487. The highest BCUT2D eigenvalue weighted by atomic mass is 79.9. The summed E-state index contributed by atoms with van der Waals surface area (Å²) in [6, 6.07) is 23.6. The predicted octanol–water partition coefficient (Wildman–Crippen LogP) is 4.67. The molecule has 3 aromatic rings. The van der Waals surface area contributed by atoms with Crippen LogP contribution in [0, 0.1) is 0 Å². The Bertz CT molecular complexity index is 1300. The first kappa shape index (κ1) is 23.2. The lowest BCUT2D eigenvalue weighted by atomic mass is 10.2. The molecule has 0 saturated carbocycles. The molecule has 1 unspecified atom stereocenters. The van der Waals surface area contributed by atoms with Gasteiger partial charge in [-0.1, -0.05) is 64.1 Å². The van der Waals surface area contributed by atoms with Gasteiger partial charge < -0.3 is 5.32 Å². The molecule has 1 aliphatic heterocycles. The first-order valence-corrected chi connectivity index (χ1v) is 13.0. The SMILES string of the molecule is O=C(CC1S/C(=N/S(=O)(=O)c2ccc(Br)cc2)N(c2ccccc2)C1=O)Nc1ccccc1. The van der Waals surface area contributed by atoms with Crippen LogP contribution in [0.15, 0.2) is 98.7 Å². The number of carbonyl (C=O) groups excluding carboxylic acids is 2. The molecule has 7 nitrogen and oxygen atoms in total. The third-order valence-electron chi connectivity index (χ3n) is 4.69. The number of benzene rings is 3. The monoisotopic (exact) mass is 543 g/mol. The van der Waals surface area contributed by atoms with Crippen molar-refractivity contribution in [2.75, 3.05) is 10.2 Å². The van der Waals surface area contributed by atoms with E-state index in [0.29, 0.717) is 11.4 Å². The van der Waals surface area contributed by atoms with Gasteiger partial charge in [0, 0.05) is 16.6 Å². The van der Waals surface area contributed by atoms with Gasteiger partial charge in [-0.2, -0.15) is 8.42 Å². The zero-order chi connectivity index (χ0) is 23.4. The predicted molar refractivity (Wildman–Crippen MR) is 134 cm³/mol. The summed E-state index contributed by atoms with van der Waals surface area (Å²) >= 11 is 4.24. The molecule has 0 radical (unpaired) electrons. The molecule has 1 aliphatic rings. The first-order chi connectivity index (χ1) is 15.8. The second-order valence-electron chi connectivity index (χ2n) is 7.04. The van der Waals surface area contributed by atoms with E-state index < -0.39 is 21.2 Å². The third kappa shape index (κ3) is 5.52. The molecule has 1 fully saturated rings. The number of para-hydroxylation sites is 2. The van der Waals surface area contributed by atoms with Crippen LogP contribution in [-0.2, 0) is 19.6 Å². The van der Waals surface area contributed by atoms with Crippen LogP contribution in [0.5, 0.6) is 0 Å². The smallest absolute Gasteiger partial charge is 0.284 e. The Balaban J connectivity index is 1.63. The molecule has 0 bridgehead atoms. The molecule has 33 heavy (non-hydrogen) atoms. The number of amidine groups is 1. The molecule has 10 heteroatoms. The van der Waals surface area contributed by atoms with Crippen LogP contribution >= 0.6 is 27.7 Å². The van der Waals surface area contributed by atoms with Crippen molar-refractivity contribution in [3.05, 3.63) is 89.4 Å². The Kier molecular flexibility index (Phi) is 6.96. The summed E-state index contributed by atoms with van der Waals surface area (Å²) in [5, 5.41) is 1.95.